The maximum absolute atomic E-state index is 13.2. The van der Waals surface area contributed by atoms with Crippen LogP contribution in [0.4, 0.5) is 10.5 Å². The number of nitrogens with zero attached hydrogens (tertiary/aromatic N) is 2. The van der Waals surface area contributed by atoms with E-state index in [0.29, 0.717) is 18.2 Å². The fourth-order valence-electron chi connectivity index (χ4n) is 4.35. The molecule has 2 N–H and O–H groups in total. The molecule has 0 saturated carbocycles. The normalized spacial score (nSPS) is 20.9. The molecule has 164 valence electrons. The highest BCUT2D eigenvalue weighted by Crippen LogP contribution is 2.37. The number of benzene rings is 2. The highest BCUT2D eigenvalue weighted by Gasteiger charge is 2.40. The first-order valence-electron chi connectivity index (χ1n) is 10.7. The number of hydrogen-bond acceptors (Lipinski definition) is 4. The number of rotatable bonds is 4. The van der Waals surface area contributed by atoms with E-state index >= 15 is 0 Å². The Morgan fingerprint density at radius 1 is 1.12 bits per heavy atom. The summed E-state index contributed by atoms with van der Waals surface area (Å²) in [6.45, 7) is 2.44. The Morgan fingerprint density at radius 2 is 1.91 bits per heavy atom. The molecule has 0 spiro atoms. The quantitative estimate of drug-likeness (QED) is 0.598. The minimum absolute atomic E-state index is 0.247. The molecule has 1 aromatic heterocycles. The van der Waals surface area contributed by atoms with E-state index in [1.807, 2.05) is 54.7 Å². The lowest BCUT2D eigenvalue weighted by atomic mass is 10.1. The molecule has 1 saturated heterocycles. The van der Waals surface area contributed by atoms with Gasteiger partial charge in [0, 0.05) is 40.2 Å². The molecule has 2 atom stereocenters. The van der Waals surface area contributed by atoms with Crippen LogP contribution in [0.2, 0.25) is 0 Å². The van der Waals surface area contributed by atoms with Crippen LogP contribution < -0.4 is 10.2 Å². The highest BCUT2D eigenvalue weighted by molar-refractivity contribution is 8.00. The third-order valence-electron chi connectivity index (χ3n) is 6.04. The number of urea groups is 1. The zero-order chi connectivity index (χ0) is 22.2. The SMILES string of the molecule is C[C@H]1CCN(C(=O)CN2C(=O)N[C@@H](Cc3c[nH]c4ccccc34)C2=O)c2ccccc2S1. The topological polar surface area (TPSA) is 85.5 Å². The van der Waals surface area contributed by atoms with Gasteiger partial charge in [-0.1, -0.05) is 37.3 Å². The molecule has 0 bridgehead atoms. The third kappa shape index (κ3) is 3.75. The van der Waals surface area contributed by atoms with E-state index in [-0.39, 0.29) is 18.4 Å². The van der Waals surface area contributed by atoms with Crippen LogP contribution in [0, 0.1) is 0 Å². The van der Waals surface area contributed by atoms with Crippen LogP contribution in [0.15, 0.2) is 59.6 Å². The Bertz CT molecular complexity index is 1210. The number of imide groups is 1. The molecule has 3 aromatic rings. The molecule has 0 unspecified atom stereocenters. The van der Waals surface area contributed by atoms with Gasteiger partial charge >= 0.3 is 6.03 Å². The Hall–Kier alpha value is -3.26. The molecular weight excluding hydrogens is 424 g/mol. The largest absolute Gasteiger partial charge is 0.361 e. The van der Waals surface area contributed by atoms with Crippen molar-refractivity contribution in [2.75, 3.05) is 18.0 Å². The molecule has 1 fully saturated rings. The van der Waals surface area contributed by atoms with Crippen molar-refractivity contribution < 1.29 is 14.4 Å². The molecule has 5 rings (SSSR count). The Balaban J connectivity index is 1.32. The summed E-state index contributed by atoms with van der Waals surface area (Å²) in [4.78, 5) is 45.8. The predicted octanol–water partition coefficient (Wildman–Crippen LogP) is 3.55. The summed E-state index contributed by atoms with van der Waals surface area (Å²) in [7, 11) is 0. The van der Waals surface area contributed by atoms with Gasteiger partial charge in [0.1, 0.15) is 12.6 Å². The highest BCUT2D eigenvalue weighted by atomic mass is 32.2. The van der Waals surface area contributed by atoms with Gasteiger partial charge in [-0.3, -0.25) is 14.5 Å². The van der Waals surface area contributed by atoms with Crippen molar-refractivity contribution in [1.82, 2.24) is 15.2 Å². The Kier molecular flexibility index (Phi) is 5.38. The zero-order valence-electron chi connectivity index (χ0n) is 17.7. The summed E-state index contributed by atoms with van der Waals surface area (Å²) in [5.41, 5.74) is 2.78. The van der Waals surface area contributed by atoms with E-state index in [4.69, 9.17) is 0 Å². The van der Waals surface area contributed by atoms with Crippen molar-refractivity contribution in [3.8, 4) is 0 Å². The third-order valence-corrected chi connectivity index (χ3v) is 7.28. The van der Waals surface area contributed by atoms with Crippen LogP contribution in [-0.2, 0) is 16.0 Å². The van der Waals surface area contributed by atoms with Gasteiger partial charge in [0.05, 0.1) is 5.69 Å². The fourth-order valence-corrected chi connectivity index (χ4v) is 5.46. The number of anilines is 1. The number of para-hydroxylation sites is 2. The summed E-state index contributed by atoms with van der Waals surface area (Å²) in [6, 6.07) is 14.4. The van der Waals surface area contributed by atoms with Crippen molar-refractivity contribution in [1.29, 1.82) is 0 Å². The molecule has 7 nitrogen and oxygen atoms in total. The molecule has 2 aliphatic rings. The van der Waals surface area contributed by atoms with E-state index in [2.05, 4.69) is 17.2 Å². The smallest absolute Gasteiger partial charge is 0.325 e. The number of carbonyl (C=O) groups is 3. The average molecular weight is 449 g/mol. The van der Waals surface area contributed by atoms with Crippen LogP contribution in [0.3, 0.4) is 0 Å². The number of fused-ring (bicyclic) bond motifs is 2. The molecule has 2 aliphatic heterocycles. The van der Waals surface area contributed by atoms with Gasteiger partial charge in [0.25, 0.3) is 5.91 Å². The number of thioether (sulfide) groups is 1. The second kappa shape index (κ2) is 8.35. The molecule has 3 heterocycles. The molecular formula is C24H24N4O3S. The summed E-state index contributed by atoms with van der Waals surface area (Å²) >= 11 is 1.74. The predicted molar refractivity (Wildman–Crippen MR) is 125 cm³/mol. The minimum Gasteiger partial charge on any atom is -0.361 e. The fraction of sp³-hybridized carbons (Fsp3) is 0.292. The Morgan fingerprint density at radius 3 is 2.78 bits per heavy atom. The lowest BCUT2D eigenvalue weighted by Gasteiger charge is -2.24. The van der Waals surface area contributed by atoms with Crippen LogP contribution >= 0.6 is 11.8 Å². The number of aromatic nitrogens is 1. The first kappa shape index (κ1) is 20.6. The van der Waals surface area contributed by atoms with Crippen LogP contribution in [0.1, 0.15) is 18.9 Å². The first-order chi connectivity index (χ1) is 15.5. The number of nitrogens with one attached hydrogen (secondary N) is 2. The molecule has 0 aliphatic carbocycles. The van der Waals surface area contributed by atoms with Gasteiger partial charge < -0.3 is 15.2 Å². The van der Waals surface area contributed by atoms with Gasteiger partial charge in [0.15, 0.2) is 0 Å². The number of carbonyl (C=O) groups excluding carboxylic acids is 3. The molecule has 32 heavy (non-hydrogen) atoms. The number of aromatic amines is 1. The van der Waals surface area contributed by atoms with Gasteiger partial charge in [0.2, 0.25) is 5.91 Å². The second-order valence-corrected chi connectivity index (χ2v) is 9.70. The number of hydrogen-bond donors (Lipinski definition) is 2. The summed E-state index contributed by atoms with van der Waals surface area (Å²) < 4.78 is 0. The van der Waals surface area contributed by atoms with E-state index in [1.54, 1.807) is 16.7 Å². The lowest BCUT2D eigenvalue weighted by Crippen LogP contribution is -2.44. The van der Waals surface area contributed by atoms with Crippen molar-refractivity contribution >= 4 is 46.2 Å². The first-order valence-corrected chi connectivity index (χ1v) is 11.6. The molecule has 2 aromatic carbocycles. The second-order valence-electron chi connectivity index (χ2n) is 8.22. The van der Waals surface area contributed by atoms with Gasteiger partial charge in [-0.2, -0.15) is 0 Å². The van der Waals surface area contributed by atoms with Crippen molar-refractivity contribution in [3.05, 3.63) is 60.3 Å². The minimum atomic E-state index is -0.679. The molecule has 0 radical (unpaired) electrons. The maximum atomic E-state index is 13.2. The monoisotopic (exact) mass is 448 g/mol. The van der Waals surface area contributed by atoms with Gasteiger partial charge in [-0.15, -0.1) is 11.8 Å². The summed E-state index contributed by atoms with van der Waals surface area (Å²) in [6.07, 6.45) is 3.08. The molecule has 8 heteroatoms. The van der Waals surface area contributed by atoms with E-state index in [9.17, 15) is 14.4 Å². The van der Waals surface area contributed by atoms with Crippen LogP contribution in [-0.4, -0.2) is 52.1 Å². The standard InChI is InChI=1S/C24H24N4O3S/c1-15-10-11-27(20-8-4-5-9-21(20)32-15)22(29)14-28-23(30)19(26-24(28)31)12-16-13-25-18-7-3-2-6-17(16)18/h2-9,13,15,19,25H,10-12,14H2,1H3,(H,26,31)/t15-,19-/m0/s1. The summed E-state index contributed by atoms with van der Waals surface area (Å²) in [5.74, 6) is -0.608. The van der Waals surface area contributed by atoms with Gasteiger partial charge in [-0.25, -0.2) is 4.79 Å². The summed E-state index contributed by atoms with van der Waals surface area (Å²) in [5, 5.41) is 4.16. The average Bonchev–Trinajstić information content (AvgIpc) is 3.24. The van der Waals surface area contributed by atoms with Crippen LogP contribution in [0.25, 0.3) is 10.9 Å². The van der Waals surface area contributed by atoms with Crippen molar-refractivity contribution in [3.63, 3.8) is 0 Å². The lowest BCUT2D eigenvalue weighted by molar-refractivity contribution is -0.131. The maximum Gasteiger partial charge on any atom is 0.325 e. The Labute approximate surface area is 190 Å². The van der Waals surface area contributed by atoms with E-state index < -0.39 is 12.1 Å². The van der Waals surface area contributed by atoms with Crippen LogP contribution in [0.5, 0.6) is 0 Å². The molecule has 4 amide bonds. The van der Waals surface area contributed by atoms with E-state index in [1.165, 1.54) is 0 Å². The van der Waals surface area contributed by atoms with Crippen molar-refractivity contribution in [2.24, 2.45) is 0 Å². The number of amides is 4. The number of H-pyrrole nitrogens is 1. The van der Waals surface area contributed by atoms with Crippen molar-refractivity contribution in [2.45, 2.75) is 36.0 Å². The van der Waals surface area contributed by atoms with E-state index in [0.717, 1.165) is 38.4 Å². The zero-order valence-corrected chi connectivity index (χ0v) is 18.5. The van der Waals surface area contributed by atoms with Gasteiger partial charge in [-0.05, 0) is 30.2 Å².